The highest BCUT2D eigenvalue weighted by molar-refractivity contribution is 5.88. The number of rotatable bonds is 4. The predicted octanol–water partition coefficient (Wildman–Crippen LogP) is 2.73. The third-order valence-electron chi connectivity index (χ3n) is 2.42. The minimum absolute atomic E-state index is 0.287. The van der Waals surface area contributed by atoms with E-state index in [1.807, 2.05) is 12.1 Å². The molecule has 6 nitrogen and oxygen atoms in total. The fraction of sp³-hybridized carbons (Fsp3) is 0.312. The number of nitrogens with zero attached hydrogens (tertiary/aromatic N) is 1. The molecule has 0 amide bonds. The van der Waals surface area contributed by atoms with Gasteiger partial charge in [0.25, 0.3) is 0 Å². The highest BCUT2D eigenvalue weighted by Gasteiger charge is 2.17. The molecule has 0 aliphatic carbocycles. The van der Waals surface area contributed by atoms with Gasteiger partial charge in [-0.2, -0.15) is 0 Å². The first-order valence-corrected chi connectivity index (χ1v) is 6.76. The Labute approximate surface area is 127 Å². The maximum Gasteiger partial charge on any atom is 0.344 e. The first-order valence-electron chi connectivity index (χ1n) is 6.76. The van der Waals surface area contributed by atoms with Crippen molar-refractivity contribution in [3.8, 4) is 0 Å². The van der Waals surface area contributed by atoms with Gasteiger partial charge in [-0.1, -0.05) is 12.1 Å². The van der Waals surface area contributed by atoms with Crippen molar-refractivity contribution in [1.82, 2.24) is 4.98 Å². The van der Waals surface area contributed by atoms with Crippen LogP contribution in [-0.4, -0.2) is 29.1 Å². The summed E-state index contributed by atoms with van der Waals surface area (Å²) in [6.45, 7) is 4.77. The minimum atomic E-state index is -0.673. The highest BCUT2D eigenvalue weighted by Crippen LogP contribution is 2.15. The summed E-state index contributed by atoms with van der Waals surface area (Å²) in [4.78, 5) is 27.1. The van der Waals surface area contributed by atoms with Gasteiger partial charge in [-0.25, -0.2) is 14.6 Å². The van der Waals surface area contributed by atoms with E-state index in [2.05, 4.69) is 4.98 Å². The number of para-hydroxylation sites is 2. The van der Waals surface area contributed by atoms with Crippen LogP contribution in [0.2, 0.25) is 0 Å². The molecule has 2 aromatic rings. The van der Waals surface area contributed by atoms with E-state index < -0.39 is 24.1 Å². The number of esters is 2. The third-order valence-corrected chi connectivity index (χ3v) is 2.42. The second-order valence-corrected chi connectivity index (χ2v) is 5.55. The lowest BCUT2D eigenvalue weighted by Gasteiger charge is -2.18. The topological polar surface area (TPSA) is 78.6 Å². The molecule has 1 heterocycles. The maximum absolute atomic E-state index is 11.5. The molecule has 0 radical (unpaired) electrons. The zero-order valence-corrected chi connectivity index (χ0v) is 12.7. The molecule has 2 rings (SSSR count). The molecular weight excluding hydrogens is 286 g/mol. The maximum atomic E-state index is 11.5. The zero-order valence-electron chi connectivity index (χ0n) is 12.7. The third kappa shape index (κ3) is 4.73. The van der Waals surface area contributed by atoms with Gasteiger partial charge in [0.05, 0.1) is 0 Å². The van der Waals surface area contributed by atoms with Crippen molar-refractivity contribution >= 4 is 29.1 Å². The van der Waals surface area contributed by atoms with Gasteiger partial charge in [-0.05, 0) is 32.9 Å². The Morgan fingerprint density at radius 1 is 1.27 bits per heavy atom. The Morgan fingerprint density at radius 3 is 2.68 bits per heavy atom. The van der Waals surface area contributed by atoms with Crippen LogP contribution in [0.1, 0.15) is 26.7 Å². The van der Waals surface area contributed by atoms with Crippen molar-refractivity contribution < 1.29 is 23.5 Å². The van der Waals surface area contributed by atoms with Crippen LogP contribution < -0.4 is 0 Å². The largest absolute Gasteiger partial charge is 0.457 e. The molecule has 1 aromatic carbocycles. The van der Waals surface area contributed by atoms with Crippen molar-refractivity contribution in [1.29, 1.82) is 0 Å². The molecule has 1 aromatic heterocycles. The van der Waals surface area contributed by atoms with E-state index in [1.54, 1.807) is 32.9 Å². The van der Waals surface area contributed by atoms with Gasteiger partial charge in [-0.3, -0.25) is 0 Å². The minimum Gasteiger partial charge on any atom is -0.457 e. The molecule has 0 aliphatic heterocycles. The Kier molecular flexibility index (Phi) is 4.60. The normalized spacial score (nSPS) is 11.8. The standard InChI is InChI=1S/C16H17NO5/c1-16(2,3)22-15(19)10-20-14(18)9-8-13-17-11-6-4-5-7-12(11)21-13/h4-9H,10H2,1-3H3/b9-8+. The number of hydrogen-bond acceptors (Lipinski definition) is 6. The Balaban J connectivity index is 1.87. The van der Waals surface area contributed by atoms with Gasteiger partial charge < -0.3 is 13.9 Å². The average Bonchev–Trinajstić information content (AvgIpc) is 2.84. The van der Waals surface area contributed by atoms with Crippen LogP contribution in [0.4, 0.5) is 0 Å². The fourth-order valence-corrected chi connectivity index (χ4v) is 1.65. The predicted molar refractivity (Wildman–Crippen MR) is 79.8 cm³/mol. The van der Waals surface area contributed by atoms with Gasteiger partial charge in [0, 0.05) is 12.2 Å². The molecule has 0 aliphatic rings. The summed E-state index contributed by atoms with van der Waals surface area (Å²) in [6.07, 6.45) is 2.53. The Hall–Kier alpha value is -2.63. The number of fused-ring (bicyclic) bond motifs is 1. The van der Waals surface area contributed by atoms with Gasteiger partial charge >= 0.3 is 11.9 Å². The van der Waals surface area contributed by atoms with Crippen LogP contribution in [0, 0.1) is 0 Å². The molecular formula is C16H17NO5. The van der Waals surface area contributed by atoms with Crippen molar-refractivity contribution in [2.75, 3.05) is 6.61 Å². The summed E-state index contributed by atoms with van der Waals surface area (Å²) in [5, 5.41) is 0. The summed E-state index contributed by atoms with van der Waals surface area (Å²) in [7, 11) is 0. The number of aromatic nitrogens is 1. The van der Waals surface area contributed by atoms with Crippen LogP contribution in [0.5, 0.6) is 0 Å². The fourth-order valence-electron chi connectivity index (χ4n) is 1.65. The SMILES string of the molecule is CC(C)(C)OC(=O)COC(=O)/C=C/c1nc2ccccc2o1. The summed E-state index contributed by atoms with van der Waals surface area (Å²) in [6, 6.07) is 7.25. The smallest absolute Gasteiger partial charge is 0.344 e. The van der Waals surface area contributed by atoms with E-state index in [1.165, 1.54) is 6.08 Å². The van der Waals surface area contributed by atoms with Crippen molar-refractivity contribution in [3.63, 3.8) is 0 Å². The molecule has 0 N–H and O–H groups in total. The monoisotopic (exact) mass is 303 g/mol. The van der Waals surface area contributed by atoms with Crippen LogP contribution in [0.25, 0.3) is 17.2 Å². The Bertz CT molecular complexity index is 676. The molecule has 0 spiro atoms. The van der Waals surface area contributed by atoms with Gasteiger partial charge in [0.15, 0.2) is 12.2 Å². The van der Waals surface area contributed by atoms with Crippen LogP contribution in [0.3, 0.4) is 0 Å². The molecule has 0 saturated heterocycles. The number of oxazole rings is 1. The van der Waals surface area contributed by atoms with E-state index >= 15 is 0 Å². The number of benzene rings is 1. The van der Waals surface area contributed by atoms with E-state index in [4.69, 9.17) is 13.9 Å². The van der Waals surface area contributed by atoms with E-state index in [0.717, 1.165) is 6.08 Å². The molecule has 0 fully saturated rings. The first-order chi connectivity index (χ1) is 10.3. The van der Waals surface area contributed by atoms with E-state index in [-0.39, 0.29) is 5.89 Å². The van der Waals surface area contributed by atoms with Crippen LogP contribution in [0.15, 0.2) is 34.8 Å². The van der Waals surface area contributed by atoms with Crippen molar-refractivity contribution in [2.24, 2.45) is 0 Å². The quantitative estimate of drug-likeness (QED) is 0.638. The molecule has 0 atom stereocenters. The molecule has 22 heavy (non-hydrogen) atoms. The number of carbonyl (C=O) groups excluding carboxylic acids is 2. The number of carbonyl (C=O) groups is 2. The second-order valence-electron chi connectivity index (χ2n) is 5.55. The summed E-state index contributed by atoms with van der Waals surface area (Å²) in [5.74, 6) is -0.986. The lowest BCUT2D eigenvalue weighted by atomic mass is 10.2. The van der Waals surface area contributed by atoms with Crippen LogP contribution >= 0.6 is 0 Å². The molecule has 0 saturated carbocycles. The van der Waals surface area contributed by atoms with Gasteiger partial charge in [0.2, 0.25) is 5.89 Å². The number of ether oxygens (including phenoxy) is 2. The summed E-state index contributed by atoms with van der Waals surface area (Å²) < 4.78 is 15.2. The van der Waals surface area contributed by atoms with Gasteiger partial charge in [0.1, 0.15) is 11.1 Å². The lowest BCUT2D eigenvalue weighted by molar-refractivity contribution is -0.164. The van der Waals surface area contributed by atoms with E-state index in [9.17, 15) is 9.59 Å². The molecule has 116 valence electrons. The summed E-state index contributed by atoms with van der Waals surface area (Å²) >= 11 is 0. The average molecular weight is 303 g/mol. The molecule has 6 heteroatoms. The highest BCUT2D eigenvalue weighted by atomic mass is 16.6. The lowest BCUT2D eigenvalue weighted by Crippen LogP contribution is -2.27. The summed E-state index contributed by atoms with van der Waals surface area (Å²) in [5.41, 5.74) is 0.714. The zero-order chi connectivity index (χ0) is 16.2. The van der Waals surface area contributed by atoms with Crippen LogP contribution in [-0.2, 0) is 19.1 Å². The Morgan fingerprint density at radius 2 is 2.00 bits per heavy atom. The first kappa shape index (κ1) is 15.8. The molecule has 0 unspecified atom stereocenters. The van der Waals surface area contributed by atoms with E-state index in [0.29, 0.717) is 11.1 Å². The van der Waals surface area contributed by atoms with Gasteiger partial charge in [-0.15, -0.1) is 0 Å². The molecule has 0 bridgehead atoms. The van der Waals surface area contributed by atoms with Crippen molar-refractivity contribution in [2.45, 2.75) is 26.4 Å². The second kappa shape index (κ2) is 6.43. The van der Waals surface area contributed by atoms with Crippen molar-refractivity contribution in [3.05, 3.63) is 36.2 Å². The number of hydrogen-bond donors (Lipinski definition) is 0.